The van der Waals surface area contributed by atoms with Gasteiger partial charge < -0.3 is 10.1 Å². The second kappa shape index (κ2) is 9.60. The smallest absolute Gasteiger partial charge is 0.337 e. The fourth-order valence-electron chi connectivity index (χ4n) is 2.80. The van der Waals surface area contributed by atoms with E-state index in [9.17, 15) is 18.0 Å². The number of methoxy groups -OCH3 is 1. The van der Waals surface area contributed by atoms with Crippen LogP contribution >= 0.6 is 23.2 Å². The first-order valence-electron chi connectivity index (χ1n) is 9.19. The SMILES string of the molecule is COC(=O)c1ccc(Cl)c(NC(=O)c2ccc(Cl)c(S(=O)(=O)Nc3ccccc3C)c2)c1. The van der Waals surface area contributed by atoms with E-state index in [0.29, 0.717) is 5.69 Å². The Morgan fingerprint density at radius 2 is 1.53 bits per heavy atom. The van der Waals surface area contributed by atoms with E-state index in [1.165, 1.54) is 37.4 Å². The van der Waals surface area contributed by atoms with Crippen molar-refractivity contribution in [2.75, 3.05) is 17.1 Å². The van der Waals surface area contributed by atoms with Crippen LogP contribution in [-0.4, -0.2) is 27.4 Å². The molecule has 0 atom stereocenters. The van der Waals surface area contributed by atoms with Crippen molar-refractivity contribution in [3.8, 4) is 0 Å². The zero-order valence-electron chi connectivity index (χ0n) is 17.0. The molecule has 10 heteroatoms. The molecule has 3 aromatic rings. The molecule has 0 bridgehead atoms. The lowest BCUT2D eigenvalue weighted by Crippen LogP contribution is -2.17. The van der Waals surface area contributed by atoms with Gasteiger partial charge in [-0.15, -0.1) is 0 Å². The van der Waals surface area contributed by atoms with Crippen LogP contribution in [0.3, 0.4) is 0 Å². The van der Waals surface area contributed by atoms with Crippen molar-refractivity contribution in [3.05, 3.63) is 87.4 Å². The van der Waals surface area contributed by atoms with Crippen LogP contribution in [0.2, 0.25) is 10.0 Å². The summed E-state index contributed by atoms with van der Waals surface area (Å²) in [5.41, 5.74) is 1.50. The summed E-state index contributed by atoms with van der Waals surface area (Å²) in [7, 11) is -2.84. The van der Waals surface area contributed by atoms with Crippen LogP contribution < -0.4 is 10.0 Å². The number of benzene rings is 3. The third-order valence-electron chi connectivity index (χ3n) is 4.51. The van der Waals surface area contributed by atoms with Crippen LogP contribution in [0.15, 0.2) is 65.6 Å². The molecule has 0 unspecified atom stereocenters. The van der Waals surface area contributed by atoms with Crippen molar-refractivity contribution >= 4 is 56.5 Å². The highest BCUT2D eigenvalue weighted by Crippen LogP contribution is 2.28. The molecular weight excluding hydrogens is 475 g/mol. The fourth-order valence-corrected chi connectivity index (χ4v) is 4.62. The molecule has 1 amide bonds. The van der Waals surface area contributed by atoms with Crippen molar-refractivity contribution in [1.82, 2.24) is 0 Å². The number of anilines is 2. The molecule has 0 fully saturated rings. The number of aryl methyl sites for hydroxylation is 1. The minimum atomic E-state index is -4.07. The zero-order chi connectivity index (χ0) is 23.5. The number of halogens is 2. The van der Waals surface area contributed by atoms with E-state index in [1.807, 2.05) is 0 Å². The Kier molecular flexibility index (Phi) is 7.08. The Bertz CT molecular complexity index is 1310. The Morgan fingerprint density at radius 3 is 2.22 bits per heavy atom. The molecule has 0 aliphatic rings. The molecule has 0 aromatic heterocycles. The maximum absolute atomic E-state index is 12.9. The Labute approximate surface area is 195 Å². The first kappa shape index (κ1) is 23.6. The number of ether oxygens (including phenoxy) is 1. The molecule has 0 aliphatic heterocycles. The van der Waals surface area contributed by atoms with Gasteiger partial charge in [-0.2, -0.15) is 0 Å². The van der Waals surface area contributed by atoms with Gasteiger partial charge in [0.15, 0.2) is 0 Å². The third-order valence-corrected chi connectivity index (χ3v) is 6.68. The van der Waals surface area contributed by atoms with Crippen LogP contribution in [0.25, 0.3) is 0 Å². The monoisotopic (exact) mass is 492 g/mol. The van der Waals surface area contributed by atoms with E-state index in [4.69, 9.17) is 23.2 Å². The summed E-state index contributed by atoms with van der Waals surface area (Å²) >= 11 is 12.2. The summed E-state index contributed by atoms with van der Waals surface area (Å²) in [5.74, 6) is -1.24. The van der Waals surface area contributed by atoms with Gasteiger partial charge in [-0.05, 0) is 55.0 Å². The van der Waals surface area contributed by atoms with Gasteiger partial charge in [-0.3, -0.25) is 9.52 Å². The van der Waals surface area contributed by atoms with E-state index in [0.717, 1.165) is 11.6 Å². The van der Waals surface area contributed by atoms with Crippen LogP contribution in [-0.2, 0) is 14.8 Å². The highest BCUT2D eigenvalue weighted by molar-refractivity contribution is 7.92. The number of sulfonamides is 1. The Balaban J connectivity index is 1.91. The largest absolute Gasteiger partial charge is 0.465 e. The van der Waals surface area contributed by atoms with E-state index in [-0.39, 0.29) is 31.8 Å². The number of amides is 1. The highest BCUT2D eigenvalue weighted by Gasteiger charge is 2.21. The molecule has 7 nitrogen and oxygen atoms in total. The van der Waals surface area contributed by atoms with Crippen molar-refractivity contribution in [2.24, 2.45) is 0 Å². The van der Waals surface area contributed by atoms with Gasteiger partial charge >= 0.3 is 5.97 Å². The third kappa shape index (κ3) is 5.21. The number of rotatable bonds is 6. The number of hydrogen-bond acceptors (Lipinski definition) is 5. The summed E-state index contributed by atoms with van der Waals surface area (Å²) in [4.78, 5) is 24.2. The van der Waals surface area contributed by atoms with Crippen LogP contribution in [0.1, 0.15) is 26.3 Å². The molecule has 0 aliphatic carbocycles. The molecule has 3 aromatic carbocycles. The number of esters is 1. The normalized spacial score (nSPS) is 11.0. The standard InChI is InChI=1S/C22H18Cl2N2O5S/c1-13-5-3-4-6-18(13)26-32(29,30)20-12-14(7-10-17(20)24)21(27)25-19-11-15(22(28)31-2)8-9-16(19)23/h3-12,26H,1-2H3,(H,25,27). The second-order valence-corrected chi connectivity index (χ2v) is 9.17. The van der Waals surface area contributed by atoms with Gasteiger partial charge in [-0.25, -0.2) is 13.2 Å². The number of nitrogens with one attached hydrogen (secondary N) is 2. The minimum absolute atomic E-state index is 0.0269. The van der Waals surface area contributed by atoms with Gasteiger partial charge in [0, 0.05) is 5.56 Å². The van der Waals surface area contributed by atoms with Crippen molar-refractivity contribution in [2.45, 2.75) is 11.8 Å². The van der Waals surface area contributed by atoms with Gasteiger partial charge in [0.05, 0.1) is 34.1 Å². The van der Waals surface area contributed by atoms with E-state index < -0.39 is 21.9 Å². The number of hydrogen-bond donors (Lipinski definition) is 2. The van der Waals surface area contributed by atoms with E-state index in [2.05, 4.69) is 14.8 Å². The van der Waals surface area contributed by atoms with Crippen molar-refractivity contribution < 1.29 is 22.7 Å². The van der Waals surface area contributed by atoms with Gasteiger partial charge in [0.2, 0.25) is 0 Å². The van der Waals surface area contributed by atoms with E-state index in [1.54, 1.807) is 31.2 Å². The maximum Gasteiger partial charge on any atom is 0.337 e. The zero-order valence-corrected chi connectivity index (χ0v) is 19.3. The lowest BCUT2D eigenvalue weighted by atomic mass is 10.1. The molecule has 0 spiro atoms. The molecule has 2 N–H and O–H groups in total. The average Bonchev–Trinajstić information content (AvgIpc) is 2.76. The van der Waals surface area contributed by atoms with Crippen LogP contribution in [0.4, 0.5) is 11.4 Å². The number of carbonyl (C=O) groups is 2. The first-order valence-corrected chi connectivity index (χ1v) is 11.4. The number of carbonyl (C=O) groups excluding carboxylic acids is 2. The summed E-state index contributed by atoms with van der Waals surface area (Å²) in [6, 6.07) is 15.0. The molecule has 0 saturated heterocycles. The summed E-state index contributed by atoms with van der Waals surface area (Å²) in [6.07, 6.45) is 0. The van der Waals surface area contributed by atoms with Gasteiger partial charge in [0.1, 0.15) is 4.90 Å². The predicted octanol–water partition coefficient (Wildman–Crippen LogP) is 5.14. The van der Waals surface area contributed by atoms with Gasteiger partial charge in [0.25, 0.3) is 15.9 Å². The minimum Gasteiger partial charge on any atom is -0.465 e. The summed E-state index contributed by atoms with van der Waals surface area (Å²) in [6.45, 7) is 1.76. The molecule has 166 valence electrons. The molecule has 0 saturated carbocycles. The molecule has 0 heterocycles. The van der Waals surface area contributed by atoms with Gasteiger partial charge in [-0.1, -0.05) is 41.4 Å². The second-order valence-electron chi connectivity index (χ2n) is 6.71. The summed E-state index contributed by atoms with van der Waals surface area (Å²) in [5, 5.41) is 2.71. The fraction of sp³-hybridized carbons (Fsp3) is 0.0909. The van der Waals surface area contributed by atoms with E-state index >= 15 is 0 Å². The first-order chi connectivity index (χ1) is 15.1. The average molecular weight is 493 g/mol. The predicted molar refractivity (Wildman–Crippen MR) is 124 cm³/mol. The van der Waals surface area contributed by atoms with Crippen LogP contribution in [0.5, 0.6) is 0 Å². The topological polar surface area (TPSA) is 102 Å². The molecule has 32 heavy (non-hydrogen) atoms. The Morgan fingerprint density at radius 1 is 0.875 bits per heavy atom. The molecule has 0 radical (unpaired) electrons. The molecule has 3 rings (SSSR count). The number of para-hydroxylation sites is 1. The van der Waals surface area contributed by atoms with Crippen LogP contribution in [0, 0.1) is 6.92 Å². The molecular formula is C22H18Cl2N2O5S. The lowest BCUT2D eigenvalue weighted by Gasteiger charge is -2.13. The Hall–Kier alpha value is -3.07. The highest BCUT2D eigenvalue weighted by atomic mass is 35.5. The van der Waals surface area contributed by atoms with Crippen molar-refractivity contribution in [1.29, 1.82) is 0 Å². The van der Waals surface area contributed by atoms with Crippen molar-refractivity contribution in [3.63, 3.8) is 0 Å². The quantitative estimate of drug-likeness (QED) is 0.463. The maximum atomic E-state index is 12.9. The summed E-state index contributed by atoms with van der Waals surface area (Å²) < 4.78 is 33.0. The lowest BCUT2D eigenvalue weighted by molar-refractivity contribution is 0.0600.